The first-order chi connectivity index (χ1) is 20.3. The number of hydrogen-bond donors (Lipinski definition) is 1. The third-order valence-corrected chi connectivity index (χ3v) is 9.89. The smallest absolute Gasteiger partial charge is 0.280 e. The summed E-state index contributed by atoms with van der Waals surface area (Å²) in [4.78, 5) is 43.9. The molecule has 2 aliphatic heterocycles. The minimum Gasteiger partial charge on any atom is -0.415 e. The lowest BCUT2D eigenvalue weighted by Gasteiger charge is -2.34. The summed E-state index contributed by atoms with van der Waals surface area (Å²) in [6, 6.07) is 6.72. The van der Waals surface area contributed by atoms with Crippen LogP contribution in [0.3, 0.4) is 0 Å². The van der Waals surface area contributed by atoms with Gasteiger partial charge < -0.3 is 28.5 Å². The number of fused-ring (bicyclic) bond motifs is 1. The first kappa shape index (κ1) is 34.4. The SMILES string of the molecule is C[Si](C)(C)OCC1OC(c2cn(COCCN3C(=O)c4ccccc4C3=O)c(N)nc2=O)C(O[Si](C)(C)C)C1O[Si](C)(C)C. The highest BCUT2D eigenvalue weighted by Gasteiger charge is 2.51. The van der Waals surface area contributed by atoms with Gasteiger partial charge in [-0.2, -0.15) is 4.98 Å². The molecule has 1 aromatic heterocycles. The Bertz CT molecular complexity index is 1400. The van der Waals surface area contributed by atoms with E-state index < -0.39 is 54.9 Å². The molecule has 44 heavy (non-hydrogen) atoms. The third kappa shape index (κ3) is 8.39. The summed E-state index contributed by atoms with van der Waals surface area (Å²) in [6.07, 6.45) is -0.601. The van der Waals surface area contributed by atoms with Gasteiger partial charge in [0.2, 0.25) is 5.95 Å². The molecule has 2 aliphatic rings. The number of imide groups is 1. The Morgan fingerprint density at radius 1 is 0.864 bits per heavy atom. The van der Waals surface area contributed by atoms with Crippen molar-refractivity contribution in [3.05, 3.63) is 57.5 Å². The molecule has 0 spiro atoms. The Morgan fingerprint density at radius 2 is 1.43 bits per heavy atom. The standard InChI is InChI=1S/C29H46N4O8Si3/c1-42(2,3)38-17-22-24(40-43(4,5)6)25(41-44(7,8)9)23(39-22)21-16-32(29(30)31-26(21)34)18-37-15-14-33-27(35)19-12-10-11-13-20(19)28(33)36/h10-13,16,22-25H,14-15,17-18H2,1-9H3,(H2,30,31,34). The van der Waals surface area contributed by atoms with E-state index in [1.54, 1.807) is 30.5 Å². The van der Waals surface area contributed by atoms with Gasteiger partial charge in [-0.05, 0) is 71.1 Å². The van der Waals surface area contributed by atoms with Crippen molar-refractivity contribution in [2.24, 2.45) is 0 Å². The molecule has 0 bridgehead atoms. The highest BCUT2D eigenvalue weighted by molar-refractivity contribution is 6.70. The van der Waals surface area contributed by atoms with Crippen LogP contribution in [-0.4, -0.2) is 89.3 Å². The van der Waals surface area contributed by atoms with Gasteiger partial charge in [0.15, 0.2) is 25.0 Å². The van der Waals surface area contributed by atoms with E-state index >= 15 is 0 Å². The van der Waals surface area contributed by atoms with Crippen LogP contribution in [0, 0.1) is 0 Å². The van der Waals surface area contributed by atoms with Crippen LogP contribution in [-0.2, 0) is 29.5 Å². The predicted molar refractivity (Wildman–Crippen MR) is 174 cm³/mol. The molecule has 2 aromatic rings. The Labute approximate surface area is 262 Å². The third-order valence-electron chi connectivity index (χ3n) is 6.90. The fraction of sp³-hybridized carbons (Fsp3) is 0.586. The minimum absolute atomic E-state index is 0.0337. The second-order valence-electron chi connectivity index (χ2n) is 14.1. The lowest BCUT2D eigenvalue weighted by molar-refractivity contribution is -0.0161. The van der Waals surface area contributed by atoms with Crippen LogP contribution >= 0.6 is 0 Å². The van der Waals surface area contributed by atoms with Crippen molar-refractivity contribution >= 4 is 42.7 Å². The van der Waals surface area contributed by atoms with E-state index in [1.165, 1.54) is 4.57 Å². The molecule has 4 unspecified atom stereocenters. The van der Waals surface area contributed by atoms with Crippen molar-refractivity contribution in [3.63, 3.8) is 0 Å². The van der Waals surface area contributed by atoms with Crippen LogP contribution in [0.15, 0.2) is 35.3 Å². The number of hydrogen-bond acceptors (Lipinski definition) is 10. The van der Waals surface area contributed by atoms with E-state index in [-0.39, 0.29) is 43.2 Å². The number of carbonyl (C=O) groups is 2. The maximum atomic E-state index is 13.3. The predicted octanol–water partition coefficient (Wildman–Crippen LogP) is 3.83. The van der Waals surface area contributed by atoms with E-state index in [9.17, 15) is 14.4 Å². The molecule has 4 rings (SSSR count). The van der Waals surface area contributed by atoms with Gasteiger partial charge in [-0.15, -0.1) is 0 Å². The fourth-order valence-corrected chi connectivity index (χ4v) is 7.95. The number of nitrogens with zero attached hydrogens (tertiary/aromatic N) is 3. The number of anilines is 1. The Balaban J connectivity index is 1.54. The molecule has 1 aromatic carbocycles. The number of rotatable bonds is 13. The lowest BCUT2D eigenvalue weighted by Crippen LogP contribution is -2.48. The number of aromatic nitrogens is 2. The molecule has 1 saturated heterocycles. The van der Waals surface area contributed by atoms with Crippen LogP contribution in [0.5, 0.6) is 0 Å². The van der Waals surface area contributed by atoms with Gasteiger partial charge in [0.25, 0.3) is 17.4 Å². The number of nitrogens with two attached hydrogens (primary N) is 1. The normalized spacial score (nSPS) is 22.6. The summed E-state index contributed by atoms with van der Waals surface area (Å²) in [5.74, 6) is -0.736. The molecule has 12 nitrogen and oxygen atoms in total. The number of amides is 2. The Hall–Kier alpha value is -2.51. The molecular formula is C29H46N4O8Si3. The molecule has 0 radical (unpaired) electrons. The van der Waals surface area contributed by atoms with Gasteiger partial charge >= 0.3 is 0 Å². The van der Waals surface area contributed by atoms with E-state index in [4.69, 9.17) is 28.5 Å². The van der Waals surface area contributed by atoms with Gasteiger partial charge in [-0.1, -0.05) is 12.1 Å². The highest BCUT2D eigenvalue weighted by Crippen LogP contribution is 2.39. The fourth-order valence-electron chi connectivity index (χ4n) is 5.11. The zero-order chi connectivity index (χ0) is 32.6. The van der Waals surface area contributed by atoms with Crippen molar-refractivity contribution in [3.8, 4) is 0 Å². The number of ether oxygens (including phenoxy) is 2. The molecule has 4 atom stereocenters. The first-order valence-corrected chi connectivity index (χ1v) is 25.1. The van der Waals surface area contributed by atoms with Crippen molar-refractivity contribution in [2.75, 3.05) is 25.5 Å². The average molecular weight is 663 g/mol. The second kappa shape index (κ2) is 13.1. The maximum Gasteiger partial charge on any atom is 0.280 e. The largest absolute Gasteiger partial charge is 0.415 e. The van der Waals surface area contributed by atoms with Gasteiger partial charge in [0, 0.05) is 6.20 Å². The van der Waals surface area contributed by atoms with Crippen LogP contribution in [0.4, 0.5) is 5.95 Å². The second-order valence-corrected chi connectivity index (χ2v) is 27.5. The summed E-state index contributed by atoms with van der Waals surface area (Å²) >= 11 is 0. The molecule has 0 aliphatic carbocycles. The zero-order valence-corrected chi connectivity index (χ0v) is 30.2. The van der Waals surface area contributed by atoms with Gasteiger partial charge in [-0.25, -0.2) is 0 Å². The van der Waals surface area contributed by atoms with Crippen LogP contribution < -0.4 is 11.3 Å². The summed E-state index contributed by atoms with van der Waals surface area (Å²) in [6.45, 7) is 19.3. The van der Waals surface area contributed by atoms with Crippen molar-refractivity contribution in [2.45, 2.75) is 90.1 Å². The molecule has 0 saturated carbocycles. The molecule has 3 heterocycles. The van der Waals surface area contributed by atoms with E-state index in [1.807, 2.05) is 0 Å². The average Bonchev–Trinajstić information content (AvgIpc) is 3.33. The molecule has 2 amide bonds. The van der Waals surface area contributed by atoms with Crippen molar-refractivity contribution in [1.29, 1.82) is 0 Å². The first-order valence-electron chi connectivity index (χ1n) is 14.9. The minimum atomic E-state index is -2.13. The van der Waals surface area contributed by atoms with E-state index in [0.29, 0.717) is 17.7 Å². The van der Waals surface area contributed by atoms with E-state index in [2.05, 4.69) is 63.9 Å². The van der Waals surface area contributed by atoms with E-state index in [0.717, 1.165) is 4.90 Å². The van der Waals surface area contributed by atoms with Crippen LogP contribution in [0.2, 0.25) is 58.9 Å². The van der Waals surface area contributed by atoms with Gasteiger partial charge in [-0.3, -0.25) is 23.9 Å². The lowest BCUT2D eigenvalue weighted by atomic mass is 10.0. The highest BCUT2D eigenvalue weighted by atomic mass is 28.4. The number of carbonyl (C=O) groups excluding carboxylic acids is 2. The summed E-state index contributed by atoms with van der Waals surface area (Å²) in [5, 5.41) is 0. The zero-order valence-electron chi connectivity index (χ0n) is 27.2. The molecule has 2 N–H and O–H groups in total. The Morgan fingerprint density at radius 3 is 1.98 bits per heavy atom. The summed E-state index contributed by atoms with van der Waals surface area (Å²) in [7, 11) is -6.08. The van der Waals surface area contributed by atoms with Crippen LogP contribution in [0.1, 0.15) is 32.4 Å². The quantitative estimate of drug-likeness (QED) is 0.191. The number of nitrogen functional groups attached to an aromatic ring is 1. The monoisotopic (exact) mass is 662 g/mol. The van der Waals surface area contributed by atoms with Crippen LogP contribution in [0.25, 0.3) is 0 Å². The molecular weight excluding hydrogens is 617 g/mol. The summed E-state index contributed by atoms with van der Waals surface area (Å²) < 4.78 is 33.5. The molecule has 1 fully saturated rings. The van der Waals surface area contributed by atoms with Crippen molar-refractivity contribution < 1.29 is 32.3 Å². The number of benzene rings is 1. The van der Waals surface area contributed by atoms with Gasteiger partial charge in [0.1, 0.15) is 31.1 Å². The summed E-state index contributed by atoms with van der Waals surface area (Å²) in [5.41, 5.74) is 6.65. The maximum absolute atomic E-state index is 13.3. The Kier molecular flexibility index (Phi) is 10.2. The van der Waals surface area contributed by atoms with Crippen molar-refractivity contribution in [1.82, 2.24) is 14.5 Å². The molecule has 242 valence electrons. The van der Waals surface area contributed by atoms with Gasteiger partial charge in [0.05, 0.1) is 36.4 Å². The molecule has 15 heteroatoms. The topological polar surface area (TPSA) is 144 Å².